The molecular weight excluding hydrogens is 442 g/mol. The van der Waals surface area contributed by atoms with Gasteiger partial charge >= 0.3 is 0 Å². The van der Waals surface area contributed by atoms with Crippen molar-refractivity contribution in [2.75, 3.05) is 12.9 Å². The molecule has 0 saturated heterocycles. The van der Waals surface area contributed by atoms with Gasteiger partial charge in [0.25, 0.3) is 5.69 Å². The summed E-state index contributed by atoms with van der Waals surface area (Å²) in [5.74, 6) is 1.14. The third-order valence-electron chi connectivity index (χ3n) is 4.97. The van der Waals surface area contributed by atoms with Gasteiger partial charge in [0.2, 0.25) is 11.8 Å². The number of nitrogens with one attached hydrogen (secondary N) is 1. The summed E-state index contributed by atoms with van der Waals surface area (Å²) < 4.78 is 5.20. The van der Waals surface area contributed by atoms with Gasteiger partial charge in [0.1, 0.15) is 11.8 Å². The van der Waals surface area contributed by atoms with Gasteiger partial charge in [0, 0.05) is 30.5 Å². The maximum atomic E-state index is 13.2. The van der Waals surface area contributed by atoms with Gasteiger partial charge in [0.05, 0.1) is 17.8 Å². The number of rotatable bonds is 12. The molecule has 2 aromatic rings. The van der Waals surface area contributed by atoms with Crippen molar-refractivity contribution in [3.05, 3.63) is 69.8 Å². The Morgan fingerprint density at radius 2 is 1.70 bits per heavy atom. The van der Waals surface area contributed by atoms with Crippen LogP contribution in [0.15, 0.2) is 48.5 Å². The number of carbonyl (C=O) groups excluding carboxylic acids is 2. The Labute approximate surface area is 198 Å². The van der Waals surface area contributed by atoms with E-state index in [0.29, 0.717) is 18.7 Å². The van der Waals surface area contributed by atoms with Crippen LogP contribution in [0, 0.1) is 10.1 Å². The molecule has 1 N–H and O–H groups in total. The molecule has 0 unspecified atom stereocenters. The molecular formula is C24H31N3O5S. The standard InChI is InChI=1S/C24H31N3O5S/c1-5-22(24(29)25-17(2)3)26(14-18-8-12-21(32-4)13-9-18)23(28)16-33-15-19-6-10-20(11-7-19)27(30)31/h6-13,17,22H,5,14-16H2,1-4H3,(H,25,29)/t22-/m1/s1. The summed E-state index contributed by atoms with van der Waals surface area (Å²) in [5, 5.41) is 13.7. The number of methoxy groups -OCH3 is 1. The minimum absolute atomic E-state index is 0.0269. The normalized spacial score (nSPS) is 11.7. The minimum atomic E-state index is -0.582. The first-order valence-corrected chi connectivity index (χ1v) is 11.9. The molecule has 0 radical (unpaired) electrons. The quantitative estimate of drug-likeness (QED) is 0.367. The number of non-ortho nitro benzene ring substituents is 1. The third kappa shape index (κ3) is 8.09. The van der Waals surface area contributed by atoms with Crippen LogP contribution < -0.4 is 10.1 Å². The van der Waals surface area contributed by atoms with Crippen molar-refractivity contribution in [2.45, 2.75) is 51.6 Å². The van der Waals surface area contributed by atoms with E-state index in [1.165, 1.54) is 23.9 Å². The summed E-state index contributed by atoms with van der Waals surface area (Å²) in [6.07, 6.45) is 0.494. The molecule has 0 spiro atoms. The SMILES string of the molecule is CC[C@H](C(=O)NC(C)C)N(Cc1ccc(OC)cc1)C(=O)CSCc1ccc([N+](=O)[O-])cc1. The van der Waals surface area contributed by atoms with Gasteiger partial charge in [-0.1, -0.05) is 31.2 Å². The van der Waals surface area contributed by atoms with Gasteiger partial charge in [-0.15, -0.1) is 11.8 Å². The second-order valence-corrected chi connectivity index (χ2v) is 8.86. The molecule has 0 aliphatic heterocycles. The maximum absolute atomic E-state index is 13.2. The summed E-state index contributed by atoms with van der Waals surface area (Å²) in [4.78, 5) is 38.0. The fraction of sp³-hybridized carbons (Fsp3) is 0.417. The van der Waals surface area contributed by atoms with Crippen molar-refractivity contribution in [3.63, 3.8) is 0 Å². The lowest BCUT2D eigenvalue weighted by Crippen LogP contribution is -2.50. The van der Waals surface area contributed by atoms with Crippen LogP contribution in [-0.4, -0.2) is 46.6 Å². The molecule has 2 amide bonds. The first-order valence-electron chi connectivity index (χ1n) is 10.8. The van der Waals surface area contributed by atoms with E-state index < -0.39 is 11.0 Å². The Kier molecular flexibility index (Phi) is 10.2. The molecule has 33 heavy (non-hydrogen) atoms. The molecule has 0 aromatic heterocycles. The summed E-state index contributed by atoms with van der Waals surface area (Å²) in [6, 6.07) is 13.1. The van der Waals surface area contributed by atoms with Gasteiger partial charge in [-0.2, -0.15) is 0 Å². The number of thioether (sulfide) groups is 1. The fourth-order valence-corrected chi connectivity index (χ4v) is 4.15. The molecule has 0 fully saturated rings. The van der Waals surface area contributed by atoms with E-state index in [1.54, 1.807) is 24.1 Å². The predicted octanol–water partition coefficient (Wildman–Crippen LogP) is 4.17. The van der Waals surface area contributed by atoms with Crippen molar-refractivity contribution in [3.8, 4) is 5.75 Å². The first kappa shape index (κ1) is 26.2. The van der Waals surface area contributed by atoms with Gasteiger partial charge in [-0.25, -0.2) is 0 Å². The molecule has 9 heteroatoms. The van der Waals surface area contributed by atoms with E-state index in [1.807, 2.05) is 45.0 Å². The van der Waals surface area contributed by atoms with Crippen LogP contribution in [0.2, 0.25) is 0 Å². The molecule has 0 bridgehead atoms. The average Bonchev–Trinajstić information content (AvgIpc) is 2.79. The van der Waals surface area contributed by atoms with Crippen molar-refractivity contribution in [2.24, 2.45) is 0 Å². The monoisotopic (exact) mass is 473 g/mol. The Bertz CT molecular complexity index is 932. The number of hydrogen-bond acceptors (Lipinski definition) is 6. The van der Waals surface area contributed by atoms with Crippen LogP contribution in [0.25, 0.3) is 0 Å². The smallest absolute Gasteiger partial charge is 0.269 e. The second-order valence-electron chi connectivity index (χ2n) is 7.87. The number of amides is 2. The predicted molar refractivity (Wildman–Crippen MR) is 130 cm³/mol. The van der Waals surface area contributed by atoms with Crippen molar-refractivity contribution >= 4 is 29.3 Å². The zero-order valence-electron chi connectivity index (χ0n) is 19.4. The molecule has 8 nitrogen and oxygen atoms in total. The molecule has 0 saturated carbocycles. The average molecular weight is 474 g/mol. The van der Waals surface area contributed by atoms with Gasteiger partial charge < -0.3 is 15.0 Å². The minimum Gasteiger partial charge on any atom is -0.497 e. The summed E-state index contributed by atoms with van der Waals surface area (Å²) >= 11 is 1.41. The molecule has 0 heterocycles. The Balaban J connectivity index is 2.11. The lowest BCUT2D eigenvalue weighted by Gasteiger charge is -2.31. The highest BCUT2D eigenvalue weighted by atomic mass is 32.2. The molecule has 178 valence electrons. The van der Waals surface area contributed by atoms with E-state index in [2.05, 4.69) is 5.32 Å². The molecule has 0 aliphatic carbocycles. The molecule has 2 aromatic carbocycles. The van der Waals surface area contributed by atoms with E-state index in [4.69, 9.17) is 4.74 Å². The van der Waals surface area contributed by atoms with Crippen molar-refractivity contribution < 1.29 is 19.2 Å². The van der Waals surface area contributed by atoms with Gasteiger partial charge in [0.15, 0.2) is 0 Å². The highest BCUT2D eigenvalue weighted by Crippen LogP contribution is 2.20. The topological polar surface area (TPSA) is 102 Å². The first-order chi connectivity index (χ1) is 15.7. The number of carbonyl (C=O) groups is 2. The highest BCUT2D eigenvalue weighted by Gasteiger charge is 2.28. The van der Waals surface area contributed by atoms with Crippen LogP contribution in [0.4, 0.5) is 5.69 Å². The third-order valence-corrected chi connectivity index (χ3v) is 5.96. The van der Waals surface area contributed by atoms with Crippen molar-refractivity contribution in [1.82, 2.24) is 10.2 Å². The van der Waals surface area contributed by atoms with Gasteiger partial charge in [-0.05, 0) is 43.5 Å². The summed E-state index contributed by atoms with van der Waals surface area (Å²) in [6.45, 7) is 5.98. The zero-order chi connectivity index (χ0) is 24.4. The van der Waals surface area contributed by atoms with Gasteiger partial charge in [-0.3, -0.25) is 19.7 Å². The Hall–Kier alpha value is -3.07. The van der Waals surface area contributed by atoms with Crippen LogP contribution >= 0.6 is 11.8 Å². The maximum Gasteiger partial charge on any atom is 0.269 e. The Morgan fingerprint density at radius 3 is 2.21 bits per heavy atom. The lowest BCUT2D eigenvalue weighted by atomic mass is 10.1. The largest absolute Gasteiger partial charge is 0.497 e. The summed E-state index contributed by atoms with van der Waals surface area (Å²) in [5.41, 5.74) is 1.83. The van der Waals surface area contributed by atoms with Crippen molar-refractivity contribution in [1.29, 1.82) is 0 Å². The van der Waals surface area contributed by atoms with Crippen LogP contribution in [0.1, 0.15) is 38.3 Å². The Morgan fingerprint density at radius 1 is 1.09 bits per heavy atom. The van der Waals surface area contributed by atoms with E-state index >= 15 is 0 Å². The highest BCUT2D eigenvalue weighted by molar-refractivity contribution is 7.99. The fourth-order valence-electron chi connectivity index (χ4n) is 3.28. The zero-order valence-corrected chi connectivity index (χ0v) is 20.3. The van der Waals surface area contributed by atoms with E-state index in [0.717, 1.165) is 16.9 Å². The number of nitrogens with zero attached hydrogens (tertiary/aromatic N) is 2. The van der Waals surface area contributed by atoms with Crippen LogP contribution in [0.3, 0.4) is 0 Å². The number of hydrogen-bond donors (Lipinski definition) is 1. The molecule has 2 rings (SSSR count). The van der Waals surface area contributed by atoms with Crippen LogP contribution in [0.5, 0.6) is 5.75 Å². The second kappa shape index (κ2) is 12.8. The number of nitro benzene ring substituents is 1. The summed E-state index contributed by atoms with van der Waals surface area (Å²) in [7, 11) is 1.59. The van der Waals surface area contributed by atoms with E-state index in [-0.39, 0.29) is 29.3 Å². The number of benzene rings is 2. The van der Waals surface area contributed by atoms with Crippen LogP contribution in [-0.2, 0) is 21.9 Å². The van der Waals surface area contributed by atoms with E-state index in [9.17, 15) is 19.7 Å². The molecule has 0 aliphatic rings. The lowest BCUT2D eigenvalue weighted by molar-refractivity contribution is -0.384. The number of nitro groups is 1. The molecule has 1 atom stereocenters. The number of ether oxygens (including phenoxy) is 1.